The number of hydrogen-bond acceptors (Lipinski definition) is 34. The first-order valence-electron chi connectivity index (χ1n) is 33.6. The van der Waals surface area contributed by atoms with Crippen LogP contribution in [-0.2, 0) is 20.2 Å². The van der Waals surface area contributed by atoms with Gasteiger partial charge in [-0.1, -0.05) is 18.2 Å². The predicted octanol–water partition coefficient (Wildman–Crippen LogP) is 6.11. The molecule has 0 aliphatic heterocycles. The summed E-state index contributed by atoms with van der Waals surface area (Å²) >= 11 is 0. The topological polar surface area (TPSA) is 595 Å². The summed E-state index contributed by atoms with van der Waals surface area (Å²) in [4.78, 5) is 47.6. The van der Waals surface area contributed by atoms with E-state index in [1.54, 1.807) is 84.9 Å². The first-order chi connectivity index (χ1) is 55.6. The molecule has 0 saturated carbocycles. The Bertz CT molecular complexity index is 6280. The molecule has 120 heavy (non-hydrogen) atoms. The van der Waals surface area contributed by atoms with Gasteiger partial charge >= 0.3 is 118 Å². The fourth-order valence-electron chi connectivity index (χ4n) is 10.8. The standard InChI is InChI=1S/C78H56N22O14S2.4Na/c79-61-37-63(81)71(99-95-67-28-26-65(55-24-22-53(35-57(55)67)115(109,110)111)93-87-47-16-12-43(13-17-47)83-75(103)41-4-8-45(9-5-41)85-89-51-20-30-73(101)59(33-51)77(105)106)39-69(61)97-91-49-2-1-3-50(32-49)92-98-70-40-72(64(82)38-62(70)80)100-96-68-29-27-66(56-25-23-54(36-58(56)68)116(112,113)114)94-88-48-18-14-44(15-19-48)84-76(104)42-6-10-46(11-7-42)86-90-52-21-31-74(102)60(34-52)78(107)108;;;;/h1-40,101-102H,79-82H2,(H,83,103)(H,84,104)(H,105,106)(H,107,108)(H,109,110,111)(H,112,113,114);;;;/q;4*+1/p-4. The first kappa shape index (κ1) is 91.6. The number of carboxylic acids is 2. The third-order valence-corrected chi connectivity index (χ3v) is 18.4. The van der Waals surface area contributed by atoms with E-state index in [4.69, 9.17) is 22.9 Å². The van der Waals surface area contributed by atoms with Gasteiger partial charge in [0.25, 0.3) is 11.8 Å². The van der Waals surface area contributed by atoms with Gasteiger partial charge in [-0.25, -0.2) is 16.8 Å². The second-order valence-corrected chi connectivity index (χ2v) is 27.4. The van der Waals surface area contributed by atoms with Crippen LogP contribution in [0.2, 0.25) is 0 Å². The van der Waals surface area contributed by atoms with Crippen LogP contribution in [-0.4, -0.2) is 59.9 Å². The number of phenols is 2. The van der Waals surface area contributed by atoms with Crippen molar-refractivity contribution >= 4 is 191 Å². The van der Waals surface area contributed by atoms with Crippen LogP contribution in [0.15, 0.2) is 334 Å². The number of carboxylic acid groups (broad SMARTS) is 2. The van der Waals surface area contributed by atoms with Crippen LogP contribution in [0.4, 0.5) is 125 Å². The molecule has 0 atom stereocenters. The Morgan fingerprint density at radius 1 is 0.283 bits per heavy atom. The van der Waals surface area contributed by atoms with Gasteiger partial charge in [0.2, 0.25) is 0 Å². The molecule has 36 nitrogen and oxygen atoms in total. The van der Waals surface area contributed by atoms with E-state index in [2.05, 4.69) is 92.5 Å². The normalized spacial score (nSPS) is 11.8. The van der Waals surface area contributed by atoms with Gasteiger partial charge in [0.15, 0.2) is 0 Å². The number of aromatic carboxylic acids is 2. The van der Waals surface area contributed by atoms with Crippen molar-refractivity contribution in [1.29, 1.82) is 0 Å². The Morgan fingerprint density at radius 3 is 0.883 bits per heavy atom. The third-order valence-electron chi connectivity index (χ3n) is 16.7. The van der Waals surface area contributed by atoms with E-state index in [-0.39, 0.29) is 231 Å². The van der Waals surface area contributed by atoms with Crippen LogP contribution >= 0.6 is 0 Å². The number of rotatable bonds is 24. The largest absolute Gasteiger partial charge is 1.00 e. The van der Waals surface area contributed by atoms with Crippen molar-refractivity contribution in [2.75, 3.05) is 33.6 Å². The second-order valence-electron chi connectivity index (χ2n) is 24.7. The number of benzene rings is 13. The number of amides is 2. The zero-order valence-electron chi connectivity index (χ0n) is 63.2. The summed E-state index contributed by atoms with van der Waals surface area (Å²) in [5.41, 5.74) is 29.6. The van der Waals surface area contributed by atoms with E-state index in [0.717, 1.165) is 48.5 Å². The molecule has 0 unspecified atom stereocenters. The fourth-order valence-corrected chi connectivity index (χ4v) is 11.8. The van der Waals surface area contributed by atoms with Gasteiger partial charge < -0.3 is 72.7 Å². The third kappa shape index (κ3) is 23.1. The number of aromatic hydroxyl groups is 2. The van der Waals surface area contributed by atoms with E-state index in [1.807, 2.05) is 0 Å². The van der Waals surface area contributed by atoms with Crippen molar-refractivity contribution in [1.82, 2.24) is 0 Å². The van der Waals surface area contributed by atoms with Gasteiger partial charge in [-0.3, -0.25) is 9.59 Å². The molecule has 13 rings (SSSR count). The quantitative estimate of drug-likeness (QED) is 0.0146. The zero-order valence-corrected chi connectivity index (χ0v) is 72.8. The minimum atomic E-state index is -4.96. The number of fused-ring (bicyclic) bond motifs is 2. The van der Waals surface area contributed by atoms with Gasteiger partial charge in [-0.15, -0.1) is 40.9 Å². The molecule has 0 aromatic heterocycles. The first-order valence-corrected chi connectivity index (χ1v) is 36.4. The molecule has 574 valence electrons. The Labute approximate surface area is 768 Å². The number of carbonyl (C=O) groups excluding carboxylic acids is 4. The SMILES string of the molecule is Nc1cc(N)c(N=Nc2ccc(N=Nc3ccc(NC(=O)c4ccc(N=Nc5ccc(O)c(C(=O)[O-])c5)cc4)cc3)c3ccc(S(=O)(=O)[O-])cc23)cc1N=Nc1cccc(N=Nc2cc(N=Nc3ccc(N=Nc4ccc(NC(=O)c5ccc(N=Nc6ccc(O)c(C(=O)[O-])c6)cc5)cc4)c4ccc(S(=O)(=O)[O-])cc34)c(N)cc2N)c1.[Na+].[Na+].[Na+].[Na+]. The van der Waals surface area contributed by atoms with Crippen molar-refractivity contribution in [3.05, 3.63) is 265 Å². The number of hydrogen-bond donors (Lipinski definition) is 8. The molecule has 0 radical (unpaired) electrons. The number of anilines is 6. The molecule has 0 aliphatic rings. The molecular weight excluding hydrogens is 1630 g/mol. The average molecular weight is 1680 g/mol. The van der Waals surface area contributed by atoms with Crippen molar-refractivity contribution in [2.45, 2.75) is 9.79 Å². The Hall–Kier alpha value is -12.3. The molecule has 0 spiro atoms. The molecule has 0 fully saturated rings. The molecular formula is C78H52N22Na4O14S2. The van der Waals surface area contributed by atoms with E-state index in [0.29, 0.717) is 44.9 Å². The number of nitrogens with one attached hydrogen (secondary N) is 2. The number of azo groups is 8. The summed E-state index contributed by atoms with van der Waals surface area (Å²) in [7, 11) is -9.92. The average Bonchev–Trinajstić information content (AvgIpc) is 0.777. The van der Waals surface area contributed by atoms with Gasteiger partial charge in [-0.05, 0) is 224 Å². The van der Waals surface area contributed by atoms with Crippen molar-refractivity contribution in [3.8, 4) is 11.5 Å². The van der Waals surface area contributed by atoms with Crippen molar-refractivity contribution in [2.24, 2.45) is 81.8 Å². The fraction of sp³-hybridized carbons (Fsp3) is 0. The molecule has 2 amide bonds. The molecule has 0 bridgehead atoms. The van der Waals surface area contributed by atoms with Crippen LogP contribution in [0.3, 0.4) is 0 Å². The molecule has 13 aromatic carbocycles. The van der Waals surface area contributed by atoms with Crippen LogP contribution in [0.1, 0.15) is 41.4 Å². The Morgan fingerprint density at radius 2 is 0.550 bits per heavy atom. The Kier molecular flexibility index (Phi) is 30.8. The summed E-state index contributed by atoms with van der Waals surface area (Å²) in [6.45, 7) is 0. The summed E-state index contributed by atoms with van der Waals surface area (Å²) in [5, 5.41) is 117. The molecule has 0 heterocycles. The number of nitrogen functional groups attached to an aromatic ring is 4. The van der Waals surface area contributed by atoms with E-state index >= 15 is 0 Å². The van der Waals surface area contributed by atoms with Crippen LogP contribution in [0, 0.1) is 0 Å². The summed E-state index contributed by atoms with van der Waals surface area (Å²) < 4.78 is 73.7. The minimum absolute atomic E-state index is 0. The van der Waals surface area contributed by atoms with Gasteiger partial charge in [-0.2, -0.15) is 40.9 Å². The number of carbonyl (C=O) groups is 4. The van der Waals surface area contributed by atoms with Crippen LogP contribution < -0.4 is 162 Å². The smallest absolute Gasteiger partial charge is 0.744 e. The minimum Gasteiger partial charge on any atom is -0.744 e. The maximum absolute atomic E-state index is 13.1. The zero-order chi connectivity index (χ0) is 82.0. The molecule has 12 N–H and O–H groups in total. The summed E-state index contributed by atoms with van der Waals surface area (Å²) in [6, 6.07) is 57.4. The van der Waals surface area contributed by atoms with E-state index < -0.39 is 76.4 Å². The van der Waals surface area contributed by atoms with Gasteiger partial charge in [0, 0.05) is 55.2 Å². The number of nitrogens with two attached hydrogens (primary N) is 4. The van der Waals surface area contributed by atoms with Gasteiger partial charge in [0.1, 0.15) is 54.5 Å². The predicted molar refractivity (Wildman–Crippen MR) is 421 cm³/mol. The monoisotopic (exact) mass is 1680 g/mol. The maximum Gasteiger partial charge on any atom is 1.00 e. The summed E-state index contributed by atoms with van der Waals surface area (Å²) in [6.07, 6.45) is 0. The van der Waals surface area contributed by atoms with E-state index in [9.17, 15) is 65.5 Å². The molecule has 0 saturated heterocycles. The molecule has 13 aromatic rings. The van der Waals surface area contributed by atoms with Crippen LogP contribution in [0.5, 0.6) is 11.5 Å². The van der Waals surface area contributed by atoms with Gasteiger partial charge in [0.05, 0.1) is 113 Å². The molecule has 42 heteroatoms. The number of nitrogens with zero attached hydrogens (tertiary/aromatic N) is 16. The van der Waals surface area contributed by atoms with E-state index in [1.165, 1.54) is 109 Å². The second kappa shape index (κ2) is 40.4. The van der Waals surface area contributed by atoms with Crippen LogP contribution in [0.25, 0.3) is 21.5 Å². The van der Waals surface area contributed by atoms with Crippen molar-refractivity contribution < 1.29 is 184 Å². The Balaban J connectivity index is 0.00000410. The maximum atomic E-state index is 13.1. The van der Waals surface area contributed by atoms with Crippen molar-refractivity contribution in [3.63, 3.8) is 0 Å². The molecule has 0 aliphatic carbocycles. The summed E-state index contributed by atoms with van der Waals surface area (Å²) in [5.74, 6) is -5.02.